The summed E-state index contributed by atoms with van der Waals surface area (Å²) in [5.74, 6) is 1.65. The van der Waals surface area contributed by atoms with Gasteiger partial charge in [-0.3, -0.25) is 9.88 Å². The molecule has 0 saturated heterocycles. The number of pyridine rings is 1. The van der Waals surface area contributed by atoms with Crippen LogP contribution >= 0.6 is 0 Å². The number of anilines is 2. The number of furan rings is 1. The highest BCUT2D eigenvalue weighted by Crippen LogP contribution is 2.23. The Labute approximate surface area is 185 Å². The van der Waals surface area contributed by atoms with Gasteiger partial charge in [0.2, 0.25) is 11.8 Å². The molecule has 0 unspecified atom stereocenters. The van der Waals surface area contributed by atoms with E-state index in [4.69, 9.17) is 15.6 Å². The van der Waals surface area contributed by atoms with Crippen LogP contribution in [0.25, 0.3) is 17.2 Å². The van der Waals surface area contributed by atoms with E-state index in [9.17, 15) is 0 Å². The summed E-state index contributed by atoms with van der Waals surface area (Å²) in [6.45, 7) is 5.51. The lowest BCUT2D eigenvalue weighted by molar-refractivity contribution is 0.261. The Morgan fingerprint density at radius 3 is 3.03 bits per heavy atom. The lowest BCUT2D eigenvalue weighted by Gasteiger charge is -2.28. The van der Waals surface area contributed by atoms with E-state index in [0.29, 0.717) is 35.2 Å². The zero-order chi connectivity index (χ0) is 22.1. The molecular weight excluding hydrogens is 406 g/mol. The van der Waals surface area contributed by atoms with Crippen molar-refractivity contribution in [2.24, 2.45) is 0 Å². The summed E-state index contributed by atoms with van der Waals surface area (Å²) in [6, 6.07) is 5.82. The highest BCUT2D eigenvalue weighted by molar-refractivity contribution is 5.93. The number of nitrogens with one attached hydrogen (secondary N) is 2. The molecule has 0 saturated carbocycles. The standard InChI is InChI=1S/C22H25N9O/c1-2-14-10-15-13-30(7-5-17(15)26-12-14)8-6-25-19-16(11-23)21-27-20(18-4-3-9-32-18)29-31(21)22(24)28-19/h3-4,9-12,23,25H,2,5-8,13H2,1H3,(H2,24,28). The molecular formula is C22H25N9O. The number of nitrogens with two attached hydrogens (primary N) is 1. The van der Waals surface area contributed by atoms with Gasteiger partial charge in [0, 0.05) is 50.7 Å². The van der Waals surface area contributed by atoms with Crippen LogP contribution in [0.1, 0.15) is 29.3 Å². The van der Waals surface area contributed by atoms with Gasteiger partial charge in [0.15, 0.2) is 11.4 Å². The molecule has 10 nitrogen and oxygen atoms in total. The Balaban J connectivity index is 1.31. The first kappa shape index (κ1) is 20.1. The maximum absolute atomic E-state index is 7.90. The lowest BCUT2D eigenvalue weighted by Crippen LogP contribution is -2.35. The molecule has 0 bridgehead atoms. The Morgan fingerprint density at radius 1 is 1.34 bits per heavy atom. The van der Waals surface area contributed by atoms with Crippen LogP contribution in [0.5, 0.6) is 0 Å². The molecule has 0 aliphatic carbocycles. The molecule has 164 valence electrons. The average Bonchev–Trinajstić information content (AvgIpc) is 3.49. The van der Waals surface area contributed by atoms with Crippen LogP contribution in [0, 0.1) is 5.41 Å². The molecule has 10 heteroatoms. The van der Waals surface area contributed by atoms with Gasteiger partial charge in [0.25, 0.3) is 0 Å². The van der Waals surface area contributed by atoms with Gasteiger partial charge in [-0.2, -0.15) is 9.50 Å². The number of fused-ring (bicyclic) bond motifs is 2. The van der Waals surface area contributed by atoms with E-state index in [1.165, 1.54) is 27.6 Å². The van der Waals surface area contributed by atoms with E-state index in [0.717, 1.165) is 32.5 Å². The van der Waals surface area contributed by atoms with Crippen molar-refractivity contribution in [3.63, 3.8) is 0 Å². The SMILES string of the molecule is CCc1cnc2c(c1)CN(CCNc1nc(N)n3nc(-c4ccco4)nc3c1C=N)CC2. The van der Waals surface area contributed by atoms with Gasteiger partial charge in [0.1, 0.15) is 5.82 Å². The van der Waals surface area contributed by atoms with Gasteiger partial charge in [-0.15, -0.1) is 5.10 Å². The number of aromatic nitrogens is 5. The van der Waals surface area contributed by atoms with Gasteiger partial charge >= 0.3 is 0 Å². The number of nitrogens with zero attached hydrogens (tertiary/aromatic N) is 6. The first-order valence-electron chi connectivity index (χ1n) is 10.7. The minimum absolute atomic E-state index is 0.198. The van der Waals surface area contributed by atoms with Crippen molar-refractivity contribution in [1.82, 2.24) is 29.5 Å². The molecule has 1 aliphatic heterocycles. The molecule has 0 aromatic carbocycles. The maximum Gasteiger partial charge on any atom is 0.225 e. The monoisotopic (exact) mass is 431 g/mol. The van der Waals surface area contributed by atoms with Crippen LogP contribution in [0.2, 0.25) is 0 Å². The quantitative estimate of drug-likeness (QED) is 0.380. The summed E-state index contributed by atoms with van der Waals surface area (Å²) in [4.78, 5) is 16.0. The van der Waals surface area contributed by atoms with E-state index in [1.54, 1.807) is 18.4 Å². The second-order valence-corrected chi connectivity index (χ2v) is 7.78. The van der Waals surface area contributed by atoms with Gasteiger partial charge in [-0.1, -0.05) is 13.0 Å². The number of hydrogen-bond donors (Lipinski definition) is 3. The van der Waals surface area contributed by atoms with E-state index >= 15 is 0 Å². The number of hydrogen-bond acceptors (Lipinski definition) is 9. The summed E-state index contributed by atoms with van der Waals surface area (Å²) in [7, 11) is 0. The Morgan fingerprint density at radius 2 is 2.25 bits per heavy atom. The zero-order valence-electron chi connectivity index (χ0n) is 17.9. The molecule has 0 atom stereocenters. The smallest absolute Gasteiger partial charge is 0.225 e. The number of nitrogen functional groups attached to an aromatic ring is 1. The van der Waals surface area contributed by atoms with Gasteiger partial charge < -0.3 is 20.9 Å². The van der Waals surface area contributed by atoms with E-state index in [2.05, 4.69) is 43.3 Å². The highest BCUT2D eigenvalue weighted by Gasteiger charge is 2.19. The molecule has 0 radical (unpaired) electrons. The first-order chi connectivity index (χ1) is 15.7. The molecule has 4 N–H and O–H groups in total. The van der Waals surface area contributed by atoms with Crippen LogP contribution in [-0.2, 0) is 19.4 Å². The lowest BCUT2D eigenvalue weighted by atomic mass is 10.0. The highest BCUT2D eigenvalue weighted by atomic mass is 16.3. The Kier molecular flexibility index (Phi) is 5.28. The van der Waals surface area contributed by atoms with Crippen LogP contribution in [0.3, 0.4) is 0 Å². The largest absolute Gasteiger partial charge is 0.461 e. The minimum Gasteiger partial charge on any atom is -0.461 e. The first-order valence-corrected chi connectivity index (χ1v) is 10.7. The number of aryl methyl sites for hydroxylation is 1. The van der Waals surface area contributed by atoms with Crippen LogP contribution in [0.4, 0.5) is 11.8 Å². The molecule has 0 amide bonds. The van der Waals surface area contributed by atoms with Crippen LogP contribution < -0.4 is 11.1 Å². The molecule has 5 rings (SSSR count). The molecule has 4 aromatic heterocycles. The molecule has 4 aromatic rings. The topological polar surface area (TPSA) is 134 Å². The third-order valence-electron chi connectivity index (χ3n) is 5.74. The zero-order valence-corrected chi connectivity index (χ0v) is 17.9. The predicted octanol–water partition coefficient (Wildman–Crippen LogP) is 2.39. The van der Waals surface area contributed by atoms with Crippen molar-refractivity contribution in [3.05, 3.63) is 53.0 Å². The second kappa shape index (κ2) is 8.39. The van der Waals surface area contributed by atoms with Crippen molar-refractivity contribution in [2.45, 2.75) is 26.3 Å². The summed E-state index contributed by atoms with van der Waals surface area (Å²) in [6.07, 6.45) is 6.72. The van der Waals surface area contributed by atoms with Gasteiger partial charge in [0.05, 0.1) is 11.8 Å². The third-order valence-corrected chi connectivity index (χ3v) is 5.74. The minimum atomic E-state index is 0.198. The molecule has 1 aliphatic rings. The Bertz CT molecular complexity index is 1260. The predicted molar refractivity (Wildman–Crippen MR) is 122 cm³/mol. The molecule has 32 heavy (non-hydrogen) atoms. The van der Waals surface area contributed by atoms with E-state index < -0.39 is 0 Å². The fourth-order valence-corrected chi connectivity index (χ4v) is 4.00. The number of rotatable bonds is 7. The summed E-state index contributed by atoms with van der Waals surface area (Å²) in [5, 5.41) is 15.6. The fourth-order valence-electron chi connectivity index (χ4n) is 4.00. The molecule has 0 spiro atoms. The maximum atomic E-state index is 7.90. The normalized spacial score (nSPS) is 13.9. The van der Waals surface area contributed by atoms with Gasteiger partial charge in [-0.25, -0.2) is 4.98 Å². The molecule has 5 heterocycles. The average molecular weight is 432 g/mol. The summed E-state index contributed by atoms with van der Waals surface area (Å²) in [5.41, 5.74) is 10.9. The van der Waals surface area contributed by atoms with Crippen molar-refractivity contribution >= 4 is 23.6 Å². The molecule has 0 fully saturated rings. The van der Waals surface area contributed by atoms with Crippen LogP contribution in [0.15, 0.2) is 35.1 Å². The van der Waals surface area contributed by atoms with Crippen molar-refractivity contribution < 1.29 is 4.42 Å². The van der Waals surface area contributed by atoms with Crippen molar-refractivity contribution in [1.29, 1.82) is 5.41 Å². The van der Waals surface area contributed by atoms with Crippen LogP contribution in [-0.4, -0.2) is 55.3 Å². The third kappa shape index (κ3) is 3.69. The van der Waals surface area contributed by atoms with E-state index in [1.807, 2.05) is 6.20 Å². The summed E-state index contributed by atoms with van der Waals surface area (Å²) < 4.78 is 6.82. The fraction of sp³-hybridized carbons (Fsp3) is 0.318. The Hall–Kier alpha value is -3.79. The van der Waals surface area contributed by atoms with Gasteiger partial charge in [-0.05, 0) is 29.7 Å². The second-order valence-electron chi connectivity index (χ2n) is 7.78. The van der Waals surface area contributed by atoms with Crippen molar-refractivity contribution in [3.8, 4) is 11.6 Å². The van der Waals surface area contributed by atoms with E-state index in [-0.39, 0.29) is 5.95 Å². The summed E-state index contributed by atoms with van der Waals surface area (Å²) >= 11 is 0. The van der Waals surface area contributed by atoms with Crippen molar-refractivity contribution in [2.75, 3.05) is 30.7 Å².